The van der Waals surface area contributed by atoms with Gasteiger partial charge in [-0.2, -0.15) is 4.72 Å². The molecule has 0 bridgehead atoms. The second-order valence-electron chi connectivity index (χ2n) is 5.55. The van der Waals surface area contributed by atoms with Crippen LogP contribution in [0.5, 0.6) is 5.88 Å². The zero-order valence-corrected chi connectivity index (χ0v) is 14.7. The Morgan fingerprint density at radius 3 is 2.32 bits per heavy atom. The number of amides is 1. The summed E-state index contributed by atoms with van der Waals surface area (Å²) >= 11 is 0. The topological polar surface area (TPSA) is 97.4 Å². The second kappa shape index (κ2) is 7.16. The molecule has 1 amide bonds. The number of rotatable bonds is 6. The Morgan fingerprint density at radius 2 is 1.84 bits per heavy atom. The number of benzene rings is 1. The second-order valence-corrected chi connectivity index (χ2v) is 7.30. The van der Waals surface area contributed by atoms with Crippen LogP contribution in [0, 0.1) is 5.82 Å². The first-order valence-corrected chi connectivity index (χ1v) is 9.10. The van der Waals surface area contributed by atoms with Crippen LogP contribution in [0.2, 0.25) is 0 Å². The molecule has 2 aromatic rings. The summed E-state index contributed by atoms with van der Waals surface area (Å²) in [6.07, 6.45) is 2.32. The quantitative estimate of drug-likeness (QED) is 0.809. The molecule has 1 atom stereocenters. The number of hydrogen-bond acceptors (Lipinski definition) is 5. The van der Waals surface area contributed by atoms with Gasteiger partial charge in [-0.3, -0.25) is 4.79 Å². The lowest BCUT2D eigenvalue weighted by molar-refractivity contribution is -0.121. The minimum atomic E-state index is -3.73. The maximum Gasteiger partial charge on any atom is 0.250 e. The molecule has 9 heteroatoms. The number of carbonyl (C=O) groups is 1. The predicted molar refractivity (Wildman–Crippen MR) is 91.2 cm³/mol. The van der Waals surface area contributed by atoms with Gasteiger partial charge in [-0.15, -0.1) is 0 Å². The van der Waals surface area contributed by atoms with Crippen LogP contribution in [0.15, 0.2) is 42.6 Å². The van der Waals surface area contributed by atoms with Gasteiger partial charge in [0.25, 0.3) is 0 Å². The fraction of sp³-hybridized carbons (Fsp3) is 0.250. The van der Waals surface area contributed by atoms with Crippen molar-refractivity contribution in [3.05, 3.63) is 54.0 Å². The van der Waals surface area contributed by atoms with Crippen LogP contribution in [0.1, 0.15) is 12.5 Å². The van der Waals surface area contributed by atoms with Crippen LogP contribution < -0.4 is 14.8 Å². The van der Waals surface area contributed by atoms with E-state index in [0.717, 1.165) is 18.4 Å². The lowest BCUT2D eigenvalue weighted by Gasteiger charge is -2.29. The van der Waals surface area contributed by atoms with Crippen LogP contribution in [-0.2, 0) is 20.4 Å². The summed E-state index contributed by atoms with van der Waals surface area (Å²) in [5.41, 5.74) is -0.992. The van der Waals surface area contributed by atoms with Crippen LogP contribution in [0.25, 0.3) is 0 Å². The van der Waals surface area contributed by atoms with Crippen molar-refractivity contribution in [2.24, 2.45) is 0 Å². The minimum absolute atomic E-state index is 0.290. The van der Waals surface area contributed by atoms with Gasteiger partial charge in [-0.25, -0.2) is 17.8 Å². The normalized spacial score (nSPS) is 13.8. The summed E-state index contributed by atoms with van der Waals surface area (Å²) in [5.74, 6) is -0.768. The van der Waals surface area contributed by atoms with E-state index < -0.39 is 27.3 Å². The van der Waals surface area contributed by atoms with Crippen molar-refractivity contribution < 1.29 is 22.3 Å². The summed E-state index contributed by atoms with van der Waals surface area (Å²) in [5, 5.41) is 2.59. The van der Waals surface area contributed by atoms with Crippen molar-refractivity contribution in [3.63, 3.8) is 0 Å². The average Bonchev–Trinajstić information content (AvgIpc) is 2.54. The fourth-order valence-corrected chi connectivity index (χ4v) is 3.17. The number of sulfonamides is 1. The van der Waals surface area contributed by atoms with Crippen LogP contribution >= 0.6 is 0 Å². The van der Waals surface area contributed by atoms with Gasteiger partial charge in [0.05, 0.1) is 25.2 Å². The Labute approximate surface area is 145 Å². The fourth-order valence-electron chi connectivity index (χ4n) is 2.22. The molecule has 0 saturated heterocycles. The van der Waals surface area contributed by atoms with Gasteiger partial charge in [-0.1, -0.05) is 12.1 Å². The molecule has 0 saturated carbocycles. The molecule has 1 heterocycles. The molecular weight excluding hydrogens is 349 g/mol. The lowest BCUT2D eigenvalue weighted by atomic mass is 9.92. The monoisotopic (exact) mass is 367 g/mol. The highest BCUT2D eigenvalue weighted by Gasteiger charge is 2.38. The largest absolute Gasteiger partial charge is 0.481 e. The van der Waals surface area contributed by atoms with Gasteiger partial charge in [-0.05, 0) is 30.7 Å². The molecule has 0 aliphatic heterocycles. The summed E-state index contributed by atoms with van der Waals surface area (Å²) in [6, 6.07) is 8.11. The molecule has 0 radical (unpaired) electrons. The summed E-state index contributed by atoms with van der Waals surface area (Å²) in [4.78, 5) is 16.7. The standard InChI is InChI=1S/C16H18FN3O4S/c1-16(20-25(3,22)23,11-4-6-12(17)7-5-11)15(21)19-13-8-9-14(24-2)18-10-13/h4-10,20H,1-3H3,(H,19,21)/t16-/m0/s1. The summed E-state index contributed by atoms with van der Waals surface area (Å²) in [6.45, 7) is 1.40. The third-order valence-corrected chi connectivity index (χ3v) is 4.25. The number of nitrogens with zero attached hydrogens (tertiary/aromatic N) is 1. The van der Waals surface area contributed by atoms with Gasteiger partial charge >= 0.3 is 0 Å². The molecule has 1 aromatic carbocycles. The van der Waals surface area contributed by atoms with Gasteiger partial charge in [0, 0.05) is 6.07 Å². The molecular formula is C16H18FN3O4S. The van der Waals surface area contributed by atoms with E-state index in [-0.39, 0.29) is 0 Å². The number of anilines is 1. The van der Waals surface area contributed by atoms with Gasteiger partial charge in [0.2, 0.25) is 21.8 Å². The first-order chi connectivity index (χ1) is 11.6. The van der Waals surface area contributed by atoms with E-state index in [4.69, 9.17) is 4.74 Å². The third-order valence-electron chi connectivity index (χ3n) is 3.47. The Hall–Kier alpha value is -2.52. The van der Waals surface area contributed by atoms with E-state index in [9.17, 15) is 17.6 Å². The molecule has 0 aliphatic rings. The SMILES string of the molecule is COc1ccc(NC(=O)[C@@](C)(NS(C)(=O)=O)c2ccc(F)cc2)cn1. The maximum atomic E-state index is 13.2. The molecule has 25 heavy (non-hydrogen) atoms. The van der Waals surface area contributed by atoms with Crippen molar-refractivity contribution in [2.45, 2.75) is 12.5 Å². The minimum Gasteiger partial charge on any atom is -0.481 e. The van der Waals surface area contributed by atoms with Gasteiger partial charge in [0.15, 0.2) is 0 Å². The molecule has 2 N–H and O–H groups in total. The van der Waals surface area contributed by atoms with Crippen LogP contribution in [0.3, 0.4) is 0 Å². The van der Waals surface area contributed by atoms with Crippen molar-refractivity contribution in [2.75, 3.05) is 18.7 Å². The summed E-state index contributed by atoms with van der Waals surface area (Å²) < 4.78 is 43.9. The highest BCUT2D eigenvalue weighted by molar-refractivity contribution is 7.88. The van der Waals surface area contributed by atoms with E-state index in [0.29, 0.717) is 17.1 Å². The van der Waals surface area contributed by atoms with E-state index in [2.05, 4.69) is 15.0 Å². The maximum absolute atomic E-state index is 13.2. The molecule has 7 nitrogen and oxygen atoms in total. The number of pyridine rings is 1. The molecule has 2 rings (SSSR count). The van der Waals surface area contributed by atoms with Crippen molar-refractivity contribution >= 4 is 21.6 Å². The number of ether oxygens (including phenoxy) is 1. The Morgan fingerprint density at radius 1 is 1.20 bits per heavy atom. The summed E-state index contributed by atoms with van der Waals surface area (Å²) in [7, 11) is -2.27. The highest BCUT2D eigenvalue weighted by Crippen LogP contribution is 2.24. The Bertz CT molecular complexity index is 854. The third kappa shape index (κ3) is 4.74. The van der Waals surface area contributed by atoms with E-state index in [1.807, 2.05) is 0 Å². The number of halogens is 1. The molecule has 0 unspecified atom stereocenters. The Kier molecular flexibility index (Phi) is 5.39. The predicted octanol–water partition coefficient (Wildman–Crippen LogP) is 1.63. The molecule has 1 aromatic heterocycles. The van der Waals surface area contributed by atoms with E-state index in [1.165, 1.54) is 32.4 Å². The van der Waals surface area contributed by atoms with Gasteiger partial charge < -0.3 is 10.1 Å². The number of hydrogen-bond donors (Lipinski definition) is 2. The molecule has 0 fully saturated rings. The highest BCUT2D eigenvalue weighted by atomic mass is 32.2. The van der Waals surface area contributed by atoms with Crippen molar-refractivity contribution in [3.8, 4) is 5.88 Å². The first kappa shape index (κ1) is 18.8. The van der Waals surface area contributed by atoms with Crippen molar-refractivity contribution in [1.82, 2.24) is 9.71 Å². The lowest BCUT2D eigenvalue weighted by Crippen LogP contribution is -2.51. The number of aromatic nitrogens is 1. The number of nitrogens with one attached hydrogen (secondary N) is 2. The van der Waals surface area contributed by atoms with E-state index >= 15 is 0 Å². The van der Waals surface area contributed by atoms with E-state index in [1.54, 1.807) is 12.1 Å². The zero-order chi connectivity index (χ0) is 18.7. The van der Waals surface area contributed by atoms with Crippen LogP contribution in [0.4, 0.5) is 10.1 Å². The molecule has 134 valence electrons. The van der Waals surface area contributed by atoms with Crippen LogP contribution in [-0.4, -0.2) is 32.7 Å². The molecule has 0 spiro atoms. The molecule has 0 aliphatic carbocycles. The number of methoxy groups -OCH3 is 1. The number of carbonyl (C=O) groups excluding carboxylic acids is 1. The first-order valence-electron chi connectivity index (χ1n) is 7.20. The van der Waals surface area contributed by atoms with Gasteiger partial charge in [0.1, 0.15) is 11.4 Å². The Balaban J connectivity index is 2.36. The average molecular weight is 367 g/mol. The smallest absolute Gasteiger partial charge is 0.250 e. The zero-order valence-electron chi connectivity index (χ0n) is 13.9. The van der Waals surface area contributed by atoms with Crippen molar-refractivity contribution in [1.29, 1.82) is 0 Å².